The third-order valence-electron chi connectivity index (χ3n) is 10.5. The standard InChI is InChI=1S/C47H30N4/c1-2-16-32(17-3-1)50-43-26-11-7-22-37(43)45-46(50)38(30-39-36-21-6-10-25-42(36)51(47(39)45)44-27-12-13-28-48-44)31-15-14-18-33(29-31)49-40-23-8-4-19-34(40)35-20-5-9-24-41(35)49/h1-30H. The Balaban J connectivity index is 1.32. The van der Waals surface area contributed by atoms with E-state index in [1.54, 1.807) is 0 Å². The minimum Gasteiger partial charge on any atom is -0.309 e. The van der Waals surface area contributed by atoms with E-state index in [0.29, 0.717) is 0 Å². The third-order valence-corrected chi connectivity index (χ3v) is 10.5. The fourth-order valence-corrected chi connectivity index (χ4v) is 8.41. The first-order chi connectivity index (χ1) is 25.3. The molecule has 0 amide bonds. The summed E-state index contributed by atoms with van der Waals surface area (Å²) < 4.78 is 7.21. The molecule has 4 aromatic heterocycles. The van der Waals surface area contributed by atoms with Gasteiger partial charge in [0.1, 0.15) is 5.82 Å². The van der Waals surface area contributed by atoms with Gasteiger partial charge in [0.05, 0.1) is 33.1 Å². The first-order valence-electron chi connectivity index (χ1n) is 17.4. The molecule has 238 valence electrons. The second-order valence-electron chi connectivity index (χ2n) is 13.2. The van der Waals surface area contributed by atoms with Gasteiger partial charge in [-0.05, 0) is 72.3 Å². The van der Waals surface area contributed by atoms with Crippen molar-refractivity contribution in [3.8, 4) is 28.3 Å². The molecule has 4 heterocycles. The summed E-state index contributed by atoms with van der Waals surface area (Å²) in [5, 5.41) is 7.35. The molecule has 0 bridgehead atoms. The Hall–Kier alpha value is -6.91. The van der Waals surface area contributed by atoms with E-state index >= 15 is 0 Å². The first-order valence-corrected chi connectivity index (χ1v) is 17.4. The Bertz CT molecular complexity index is 3070. The van der Waals surface area contributed by atoms with Crippen molar-refractivity contribution >= 4 is 65.4 Å². The van der Waals surface area contributed by atoms with Gasteiger partial charge < -0.3 is 9.13 Å². The number of benzene rings is 7. The highest BCUT2D eigenvalue weighted by Crippen LogP contribution is 2.46. The molecule has 0 aliphatic rings. The molecule has 0 atom stereocenters. The van der Waals surface area contributed by atoms with Crippen LogP contribution in [0.4, 0.5) is 0 Å². The maximum atomic E-state index is 4.90. The summed E-state index contributed by atoms with van der Waals surface area (Å²) in [6.07, 6.45) is 1.88. The lowest BCUT2D eigenvalue weighted by Crippen LogP contribution is -1.99. The van der Waals surface area contributed by atoms with Crippen LogP contribution in [0, 0.1) is 0 Å². The van der Waals surface area contributed by atoms with Crippen molar-refractivity contribution in [3.63, 3.8) is 0 Å². The van der Waals surface area contributed by atoms with E-state index < -0.39 is 0 Å². The molecule has 7 aromatic carbocycles. The Labute approximate surface area is 293 Å². The van der Waals surface area contributed by atoms with E-state index in [4.69, 9.17) is 4.98 Å². The normalized spacial score (nSPS) is 11.9. The topological polar surface area (TPSA) is 27.7 Å². The molecular formula is C47H30N4. The molecule has 0 fully saturated rings. The largest absolute Gasteiger partial charge is 0.309 e. The van der Waals surface area contributed by atoms with Gasteiger partial charge in [-0.15, -0.1) is 0 Å². The Morgan fingerprint density at radius 2 is 0.902 bits per heavy atom. The number of fused-ring (bicyclic) bond motifs is 10. The highest BCUT2D eigenvalue weighted by atomic mass is 15.1. The van der Waals surface area contributed by atoms with E-state index in [2.05, 4.69) is 184 Å². The van der Waals surface area contributed by atoms with Gasteiger partial charge in [-0.25, -0.2) is 4.98 Å². The maximum absolute atomic E-state index is 4.90. The molecular weight excluding hydrogens is 621 g/mol. The summed E-state index contributed by atoms with van der Waals surface area (Å²) in [5.74, 6) is 0.905. The highest BCUT2D eigenvalue weighted by Gasteiger charge is 2.25. The fraction of sp³-hybridized carbons (Fsp3) is 0. The third kappa shape index (κ3) is 3.99. The molecule has 0 saturated heterocycles. The molecule has 4 nitrogen and oxygen atoms in total. The van der Waals surface area contributed by atoms with Crippen LogP contribution in [-0.2, 0) is 0 Å². The van der Waals surface area contributed by atoms with E-state index in [9.17, 15) is 0 Å². The summed E-state index contributed by atoms with van der Waals surface area (Å²) in [5.41, 5.74) is 11.7. The predicted octanol–water partition coefficient (Wildman–Crippen LogP) is 12.0. The minimum absolute atomic E-state index is 0.905. The second-order valence-corrected chi connectivity index (χ2v) is 13.2. The van der Waals surface area contributed by atoms with Crippen LogP contribution >= 0.6 is 0 Å². The second kappa shape index (κ2) is 10.8. The molecule has 11 rings (SSSR count). The summed E-state index contributed by atoms with van der Waals surface area (Å²) >= 11 is 0. The Morgan fingerprint density at radius 3 is 1.57 bits per heavy atom. The van der Waals surface area contributed by atoms with Gasteiger partial charge in [-0.2, -0.15) is 0 Å². The minimum atomic E-state index is 0.905. The van der Waals surface area contributed by atoms with Gasteiger partial charge in [-0.3, -0.25) is 4.57 Å². The number of nitrogens with zero attached hydrogens (tertiary/aromatic N) is 4. The van der Waals surface area contributed by atoms with Crippen molar-refractivity contribution in [2.24, 2.45) is 0 Å². The quantitative estimate of drug-likeness (QED) is 0.186. The van der Waals surface area contributed by atoms with E-state index in [-0.39, 0.29) is 0 Å². The van der Waals surface area contributed by atoms with Crippen LogP contribution < -0.4 is 0 Å². The van der Waals surface area contributed by atoms with Crippen molar-refractivity contribution in [3.05, 3.63) is 182 Å². The fourth-order valence-electron chi connectivity index (χ4n) is 8.41. The molecule has 11 aromatic rings. The van der Waals surface area contributed by atoms with Crippen LogP contribution in [0.5, 0.6) is 0 Å². The number of para-hydroxylation sites is 5. The molecule has 0 aliphatic heterocycles. The number of pyridine rings is 1. The Morgan fingerprint density at radius 1 is 0.353 bits per heavy atom. The van der Waals surface area contributed by atoms with Crippen LogP contribution in [0.3, 0.4) is 0 Å². The average Bonchev–Trinajstić information content (AvgIpc) is 3.84. The Kier molecular flexibility index (Phi) is 5.92. The molecule has 0 saturated carbocycles. The van der Waals surface area contributed by atoms with Crippen molar-refractivity contribution in [1.82, 2.24) is 18.7 Å². The van der Waals surface area contributed by atoms with Crippen LogP contribution in [-0.4, -0.2) is 18.7 Å². The van der Waals surface area contributed by atoms with Crippen LogP contribution in [0.15, 0.2) is 182 Å². The predicted molar refractivity (Wildman–Crippen MR) is 213 cm³/mol. The summed E-state index contributed by atoms with van der Waals surface area (Å²) in [7, 11) is 0. The molecule has 4 heteroatoms. The lowest BCUT2D eigenvalue weighted by atomic mass is 9.97. The average molecular weight is 651 g/mol. The molecule has 0 unspecified atom stereocenters. The van der Waals surface area contributed by atoms with Gasteiger partial charge in [0.15, 0.2) is 0 Å². The number of hydrogen-bond donors (Lipinski definition) is 0. The summed E-state index contributed by atoms with van der Waals surface area (Å²) in [4.78, 5) is 4.90. The van der Waals surface area contributed by atoms with Crippen molar-refractivity contribution in [1.29, 1.82) is 0 Å². The zero-order valence-electron chi connectivity index (χ0n) is 27.6. The van der Waals surface area contributed by atoms with E-state index in [1.807, 2.05) is 12.3 Å². The lowest BCUT2D eigenvalue weighted by Gasteiger charge is -2.15. The molecule has 0 aliphatic carbocycles. The van der Waals surface area contributed by atoms with E-state index in [1.165, 1.54) is 59.9 Å². The van der Waals surface area contributed by atoms with Crippen molar-refractivity contribution in [2.45, 2.75) is 0 Å². The highest BCUT2D eigenvalue weighted by molar-refractivity contribution is 6.29. The van der Waals surface area contributed by atoms with E-state index in [0.717, 1.165) is 33.8 Å². The summed E-state index contributed by atoms with van der Waals surface area (Å²) in [6.45, 7) is 0. The summed E-state index contributed by atoms with van der Waals surface area (Å²) in [6, 6.07) is 63.4. The molecule has 0 spiro atoms. The van der Waals surface area contributed by atoms with Crippen molar-refractivity contribution < 1.29 is 0 Å². The smallest absolute Gasteiger partial charge is 0.137 e. The van der Waals surface area contributed by atoms with Crippen molar-refractivity contribution in [2.75, 3.05) is 0 Å². The van der Waals surface area contributed by atoms with Crippen LogP contribution in [0.2, 0.25) is 0 Å². The maximum Gasteiger partial charge on any atom is 0.137 e. The number of aromatic nitrogens is 4. The number of hydrogen-bond acceptors (Lipinski definition) is 1. The van der Waals surface area contributed by atoms with Crippen LogP contribution in [0.1, 0.15) is 0 Å². The van der Waals surface area contributed by atoms with Gasteiger partial charge in [0, 0.05) is 55.5 Å². The zero-order valence-corrected chi connectivity index (χ0v) is 27.6. The van der Waals surface area contributed by atoms with Gasteiger partial charge in [-0.1, -0.05) is 109 Å². The number of rotatable bonds is 4. The monoisotopic (exact) mass is 650 g/mol. The van der Waals surface area contributed by atoms with Crippen LogP contribution in [0.25, 0.3) is 93.7 Å². The first kappa shape index (κ1) is 28.0. The van der Waals surface area contributed by atoms with Gasteiger partial charge >= 0.3 is 0 Å². The van der Waals surface area contributed by atoms with Gasteiger partial charge in [0.2, 0.25) is 0 Å². The molecule has 0 N–H and O–H groups in total. The van der Waals surface area contributed by atoms with Gasteiger partial charge in [0.25, 0.3) is 0 Å². The molecule has 51 heavy (non-hydrogen) atoms. The zero-order chi connectivity index (χ0) is 33.5. The SMILES string of the molecule is c1ccc(-n2c3ccccc3c3c2c(-c2cccc(-n4c5ccccc5c5ccccc54)c2)cc2c4ccccc4n(-c4ccccn4)c23)cc1. The molecule has 0 radical (unpaired) electrons. The lowest BCUT2D eigenvalue weighted by molar-refractivity contribution is 1.08.